The van der Waals surface area contributed by atoms with Gasteiger partial charge in [0.15, 0.2) is 34.8 Å². The van der Waals surface area contributed by atoms with Crippen molar-refractivity contribution in [2.45, 2.75) is 0 Å². The summed E-state index contributed by atoms with van der Waals surface area (Å²) in [5.74, 6) is -1.03. The number of methoxy groups -OCH3 is 2. The summed E-state index contributed by atoms with van der Waals surface area (Å²) in [5, 5.41) is 12.3. The van der Waals surface area contributed by atoms with Gasteiger partial charge in [-0.3, -0.25) is 4.79 Å². The number of aromatic amines is 1. The SMILES string of the molecule is COc1c(F)ccc2[nH]ccc(=O)c12.COc1c(F)ccc2c1cc(Cl)c[n+]2[O-]. The number of benzene rings is 2. The van der Waals surface area contributed by atoms with Gasteiger partial charge in [-0.1, -0.05) is 11.6 Å². The number of nitrogens with one attached hydrogen (secondary N) is 1. The van der Waals surface area contributed by atoms with Gasteiger partial charge in [-0.05, 0) is 24.3 Å². The molecule has 6 nitrogen and oxygen atoms in total. The third-order valence-electron chi connectivity index (χ3n) is 4.12. The van der Waals surface area contributed by atoms with Crippen molar-refractivity contribution in [3.05, 3.63) is 80.9 Å². The van der Waals surface area contributed by atoms with Gasteiger partial charge in [-0.2, -0.15) is 4.73 Å². The zero-order valence-electron chi connectivity index (χ0n) is 15.3. The second-order valence-corrected chi connectivity index (χ2v) is 6.28. The van der Waals surface area contributed by atoms with Crippen molar-refractivity contribution in [2.75, 3.05) is 14.2 Å². The van der Waals surface area contributed by atoms with Crippen LogP contribution in [0.15, 0.2) is 53.6 Å². The number of rotatable bonds is 2. The van der Waals surface area contributed by atoms with E-state index in [2.05, 4.69) is 4.98 Å². The van der Waals surface area contributed by atoms with Crippen LogP contribution in [0.3, 0.4) is 0 Å². The standard InChI is InChI=1S/C10H7ClFNO2.C10H8FNO2/c1-15-10-7-4-6(11)5-13(14)9(7)3-2-8(10)12;1-14-10-6(11)2-3-7-9(10)8(13)4-5-12-7/h2-5H,1H3;2-5H,1H3,(H,12,13). The first-order chi connectivity index (χ1) is 13.9. The van der Waals surface area contributed by atoms with Crippen LogP contribution in [-0.2, 0) is 0 Å². The second kappa shape index (κ2) is 8.32. The molecule has 29 heavy (non-hydrogen) atoms. The summed E-state index contributed by atoms with van der Waals surface area (Å²) in [4.78, 5) is 14.3. The van der Waals surface area contributed by atoms with Crippen molar-refractivity contribution in [2.24, 2.45) is 0 Å². The Morgan fingerprint density at radius 1 is 1.03 bits per heavy atom. The maximum absolute atomic E-state index is 13.3. The molecular formula is C20H15ClF2N2O4. The lowest BCUT2D eigenvalue weighted by molar-refractivity contribution is -0.576. The average Bonchev–Trinajstić information content (AvgIpc) is 2.68. The third-order valence-corrected chi connectivity index (χ3v) is 4.33. The highest BCUT2D eigenvalue weighted by Crippen LogP contribution is 2.28. The average molecular weight is 421 g/mol. The first-order valence-electron chi connectivity index (χ1n) is 8.26. The predicted octanol–water partition coefficient (Wildman–Crippen LogP) is 3.95. The van der Waals surface area contributed by atoms with Crippen LogP contribution in [-0.4, -0.2) is 19.2 Å². The van der Waals surface area contributed by atoms with E-state index in [4.69, 9.17) is 21.1 Å². The highest BCUT2D eigenvalue weighted by atomic mass is 35.5. The molecule has 2 aromatic heterocycles. The van der Waals surface area contributed by atoms with Crippen LogP contribution >= 0.6 is 11.6 Å². The molecule has 0 bridgehead atoms. The second-order valence-electron chi connectivity index (χ2n) is 5.84. The molecule has 9 heteroatoms. The minimum absolute atomic E-state index is 0.00986. The third kappa shape index (κ3) is 3.93. The molecule has 0 saturated carbocycles. The number of fused-ring (bicyclic) bond motifs is 2. The van der Waals surface area contributed by atoms with Crippen molar-refractivity contribution in [3.63, 3.8) is 0 Å². The van der Waals surface area contributed by atoms with Crippen LogP contribution in [0.4, 0.5) is 8.78 Å². The summed E-state index contributed by atoms with van der Waals surface area (Å²) >= 11 is 5.71. The molecule has 0 atom stereocenters. The molecule has 150 valence electrons. The Labute approximate surface area is 168 Å². The van der Waals surface area contributed by atoms with Crippen LogP contribution in [0.5, 0.6) is 11.5 Å². The summed E-state index contributed by atoms with van der Waals surface area (Å²) in [6.45, 7) is 0. The van der Waals surface area contributed by atoms with Gasteiger partial charge in [0.05, 0.1) is 30.5 Å². The predicted molar refractivity (Wildman–Crippen MR) is 106 cm³/mol. The van der Waals surface area contributed by atoms with E-state index in [0.717, 1.165) is 0 Å². The van der Waals surface area contributed by atoms with Gasteiger partial charge in [-0.15, -0.1) is 0 Å². The van der Waals surface area contributed by atoms with Gasteiger partial charge >= 0.3 is 0 Å². The van der Waals surface area contributed by atoms with E-state index in [9.17, 15) is 18.8 Å². The Morgan fingerprint density at radius 3 is 2.38 bits per heavy atom. The van der Waals surface area contributed by atoms with E-state index in [1.54, 1.807) is 0 Å². The smallest absolute Gasteiger partial charge is 0.227 e. The minimum Gasteiger partial charge on any atom is -0.618 e. The molecule has 0 fully saturated rings. The molecule has 0 unspecified atom stereocenters. The Hall–Kier alpha value is -3.39. The Kier molecular flexibility index (Phi) is 5.84. The molecule has 0 saturated heterocycles. The van der Waals surface area contributed by atoms with E-state index in [1.807, 2.05) is 0 Å². The van der Waals surface area contributed by atoms with Crippen molar-refractivity contribution in [3.8, 4) is 11.5 Å². The molecule has 0 amide bonds. The number of aromatic nitrogens is 2. The van der Waals surface area contributed by atoms with Crippen molar-refractivity contribution < 1.29 is 23.0 Å². The molecule has 4 aromatic rings. The maximum Gasteiger partial charge on any atom is 0.227 e. The molecule has 0 aliphatic carbocycles. The number of pyridine rings is 2. The van der Waals surface area contributed by atoms with E-state index in [1.165, 1.54) is 63.0 Å². The zero-order valence-corrected chi connectivity index (χ0v) is 16.1. The molecule has 0 spiro atoms. The number of hydrogen-bond donors (Lipinski definition) is 1. The monoisotopic (exact) mass is 420 g/mol. The fourth-order valence-electron chi connectivity index (χ4n) is 2.87. The first kappa shape index (κ1) is 20.3. The zero-order chi connectivity index (χ0) is 21.1. The summed E-state index contributed by atoms with van der Waals surface area (Å²) < 4.78 is 36.8. The molecule has 0 aliphatic rings. The number of hydrogen-bond acceptors (Lipinski definition) is 4. The lowest BCUT2D eigenvalue weighted by atomic mass is 10.2. The van der Waals surface area contributed by atoms with E-state index in [0.29, 0.717) is 21.2 Å². The number of H-pyrrole nitrogens is 1. The maximum atomic E-state index is 13.3. The first-order valence-corrected chi connectivity index (χ1v) is 8.64. The Bertz CT molecular complexity index is 1260. The van der Waals surface area contributed by atoms with Gasteiger partial charge in [0.25, 0.3) is 0 Å². The van der Waals surface area contributed by atoms with E-state index in [-0.39, 0.29) is 27.3 Å². The minimum atomic E-state index is -0.531. The van der Waals surface area contributed by atoms with Crippen molar-refractivity contribution in [1.82, 2.24) is 4.98 Å². The highest BCUT2D eigenvalue weighted by molar-refractivity contribution is 6.31. The molecule has 0 radical (unpaired) electrons. The van der Waals surface area contributed by atoms with E-state index >= 15 is 0 Å². The molecule has 1 N–H and O–H groups in total. The van der Waals surface area contributed by atoms with Crippen LogP contribution in [0, 0.1) is 16.8 Å². The Balaban J connectivity index is 0.000000166. The van der Waals surface area contributed by atoms with Crippen LogP contribution < -0.4 is 19.6 Å². The summed E-state index contributed by atoms with van der Waals surface area (Å²) in [7, 11) is 2.68. The molecule has 4 rings (SSSR count). The van der Waals surface area contributed by atoms with Crippen molar-refractivity contribution in [1.29, 1.82) is 0 Å². The summed E-state index contributed by atoms with van der Waals surface area (Å²) in [5.41, 5.74) is 0.628. The normalized spacial score (nSPS) is 10.5. The summed E-state index contributed by atoms with van der Waals surface area (Å²) in [6.07, 6.45) is 2.73. The van der Waals surface area contributed by atoms with Gasteiger partial charge in [0, 0.05) is 18.3 Å². The molecule has 0 aliphatic heterocycles. The molecule has 2 heterocycles. The van der Waals surface area contributed by atoms with Crippen LogP contribution in [0.2, 0.25) is 5.02 Å². The topological polar surface area (TPSA) is 78.3 Å². The molecule has 2 aromatic carbocycles. The number of nitrogens with zero attached hydrogens (tertiary/aromatic N) is 1. The quantitative estimate of drug-likeness (QED) is 0.393. The number of halogens is 3. The lowest BCUT2D eigenvalue weighted by Crippen LogP contribution is -2.26. The fourth-order valence-corrected chi connectivity index (χ4v) is 3.07. The van der Waals surface area contributed by atoms with Gasteiger partial charge in [-0.25, -0.2) is 8.78 Å². The molecular weight excluding hydrogens is 406 g/mol. The lowest BCUT2D eigenvalue weighted by Gasteiger charge is -2.07. The van der Waals surface area contributed by atoms with Crippen LogP contribution in [0.1, 0.15) is 0 Å². The van der Waals surface area contributed by atoms with Gasteiger partial charge < -0.3 is 19.7 Å². The highest BCUT2D eigenvalue weighted by Gasteiger charge is 2.14. The Morgan fingerprint density at radius 2 is 1.69 bits per heavy atom. The van der Waals surface area contributed by atoms with Crippen LogP contribution in [0.25, 0.3) is 21.8 Å². The number of ether oxygens (including phenoxy) is 2. The largest absolute Gasteiger partial charge is 0.618 e. The summed E-state index contributed by atoms with van der Waals surface area (Å²) in [6, 6.07) is 8.17. The van der Waals surface area contributed by atoms with Gasteiger partial charge in [0.1, 0.15) is 5.02 Å². The van der Waals surface area contributed by atoms with E-state index < -0.39 is 11.6 Å². The fraction of sp³-hybridized carbons (Fsp3) is 0.100. The van der Waals surface area contributed by atoms with Gasteiger partial charge in [0.2, 0.25) is 5.52 Å². The van der Waals surface area contributed by atoms with Crippen molar-refractivity contribution >= 4 is 33.4 Å².